The highest BCUT2D eigenvalue weighted by Crippen LogP contribution is 2.33. The number of ether oxygens (including phenoxy) is 1. The van der Waals surface area contributed by atoms with Crippen LogP contribution in [0.1, 0.15) is 0 Å². The zero-order valence-electron chi connectivity index (χ0n) is 8.23. The van der Waals surface area contributed by atoms with Crippen LogP contribution >= 0.6 is 11.3 Å². The first kappa shape index (κ1) is 8.68. The number of aromatic nitrogens is 1. The Kier molecular flexibility index (Phi) is 1.86. The van der Waals surface area contributed by atoms with Crippen LogP contribution < -0.4 is 4.74 Å². The SMILES string of the molecule is COc1nc2ccc3ccccc3c2s1. The fourth-order valence-electron chi connectivity index (χ4n) is 1.72. The summed E-state index contributed by atoms with van der Waals surface area (Å²) in [5, 5.41) is 3.22. The molecule has 0 saturated carbocycles. The second-order valence-corrected chi connectivity index (χ2v) is 4.28. The number of methoxy groups -OCH3 is 1. The van der Waals surface area contributed by atoms with Gasteiger partial charge in [-0.15, -0.1) is 0 Å². The van der Waals surface area contributed by atoms with E-state index < -0.39 is 0 Å². The van der Waals surface area contributed by atoms with Crippen LogP contribution in [0.15, 0.2) is 36.4 Å². The van der Waals surface area contributed by atoms with Gasteiger partial charge in [-0.2, -0.15) is 0 Å². The predicted molar refractivity (Wildman–Crippen MR) is 63.7 cm³/mol. The molecule has 0 saturated heterocycles. The molecule has 0 radical (unpaired) electrons. The van der Waals surface area contributed by atoms with Gasteiger partial charge in [0.25, 0.3) is 5.19 Å². The molecule has 3 heteroatoms. The Balaban J connectivity index is 2.47. The van der Waals surface area contributed by atoms with Crippen LogP contribution in [0, 0.1) is 0 Å². The van der Waals surface area contributed by atoms with E-state index in [2.05, 4.69) is 23.2 Å². The highest BCUT2D eigenvalue weighted by molar-refractivity contribution is 7.21. The molecule has 15 heavy (non-hydrogen) atoms. The summed E-state index contributed by atoms with van der Waals surface area (Å²) in [7, 11) is 1.65. The van der Waals surface area contributed by atoms with E-state index in [0.717, 1.165) is 10.7 Å². The largest absolute Gasteiger partial charge is 0.473 e. The van der Waals surface area contributed by atoms with Gasteiger partial charge in [0.05, 0.1) is 17.3 Å². The second-order valence-electron chi connectivity index (χ2n) is 3.32. The fourth-order valence-corrected chi connectivity index (χ4v) is 2.64. The van der Waals surface area contributed by atoms with Gasteiger partial charge in [-0.3, -0.25) is 0 Å². The van der Waals surface area contributed by atoms with E-state index in [-0.39, 0.29) is 0 Å². The van der Waals surface area contributed by atoms with E-state index in [0.29, 0.717) is 0 Å². The second kappa shape index (κ2) is 3.21. The third-order valence-corrected chi connectivity index (χ3v) is 3.50. The standard InChI is InChI=1S/C12H9NOS/c1-14-12-13-10-7-6-8-4-2-3-5-9(8)11(10)15-12/h2-7H,1H3. The highest BCUT2D eigenvalue weighted by Gasteiger charge is 2.06. The van der Waals surface area contributed by atoms with Crippen LogP contribution in [0.2, 0.25) is 0 Å². The van der Waals surface area contributed by atoms with Crippen molar-refractivity contribution in [3.63, 3.8) is 0 Å². The quantitative estimate of drug-likeness (QED) is 0.620. The molecule has 0 unspecified atom stereocenters. The molecule has 3 aromatic rings. The number of nitrogens with zero attached hydrogens (tertiary/aromatic N) is 1. The summed E-state index contributed by atoms with van der Waals surface area (Å²) >= 11 is 1.59. The molecule has 0 aliphatic heterocycles. The molecule has 3 rings (SSSR count). The minimum absolute atomic E-state index is 0.723. The maximum atomic E-state index is 5.16. The van der Waals surface area contributed by atoms with Crippen LogP contribution in [0.5, 0.6) is 5.19 Å². The van der Waals surface area contributed by atoms with Gasteiger partial charge in [0.2, 0.25) is 0 Å². The molecule has 0 N–H and O–H groups in total. The summed E-state index contributed by atoms with van der Waals surface area (Å²) in [4.78, 5) is 4.38. The Hall–Kier alpha value is -1.61. The molecular weight excluding hydrogens is 206 g/mol. The van der Waals surface area contributed by atoms with Crippen molar-refractivity contribution in [2.75, 3.05) is 7.11 Å². The molecule has 74 valence electrons. The van der Waals surface area contributed by atoms with Crippen molar-refractivity contribution < 1.29 is 4.74 Å². The van der Waals surface area contributed by atoms with Crippen molar-refractivity contribution in [3.8, 4) is 5.19 Å². The Morgan fingerprint density at radius 2 is 2.00 bits per heavy atom. The van der Waals surface area contributed by atoms with Gasteiger partial charge in [-0.05, 0) is 11.5 Å². The molecule has 2 nitrogen and oxygen atoms in total. The normalized spacial score (nSPS) is 11.0. The zero-order chi connectivity index (χ0) is 10.3. The fraction of sp³-hybridized carbons (Fsp3) is 0.0833. The van der Waals surface area contributed by atoms with E-state index in [9.17, 15) is 0 Å². The summed E-state index contributed by atoms with van der Waals surface area (Å²) in [5.74, 6) is 0. The van der Waals surface area contributed by atoms with Crippen molar-refractivity contribution in [2.24, 2.45) is 0 Å². The van der Waals surface area contributed by atoms with Crippen molar-refractivity contribution in [1.29, 1.82) is 0 Å². The van der Waals surface area contributed by atoms with Crippen LogP contribution in [-0.4, -0.2) is 12.1 Å². The predicted octanol–water partition coefficient (Wildman–Crippen LogP) is 3.46. The average Bonchev–Trinajstić information content (AvgIpc) is 2.72. The summed E-state index contributed by atoms with van der Waals surface area (Å²) in [6, 6.07) is 12.5. The number of hydrogen-bond donors (Lipinski definition) is 0. The monoisotopic (exact) mass is 215 g/mol. The van der Waals surface area contributed by atoms with Crippen LogP contribution in [-0.2, 0) is 0 Å². The summed E-state index contributed by atoms with van der Waals surface area (Å²) in [5.41, 5.74) is 1.01. The molecule has 0 aliphatic carbocycles. The van der Waals surface area contributed by atoms with Gasteiger partial charge in [-0.1, -0.05) is 41.7 Å². The molecule has 1 heterocycles. The smallest absolute Gasteiger partial charge is 0.274 e. The summed E-state index contributed by atoms with van der Waals surface area (Å²) < 4.78 is 6.35. The maximum Gasteiger partial charge on any atom is 0.274 e. The number of fused-ring (bicyclic) bond motifs is 3. The lowest BCUT2D eigenvalue weighted by Crippen LogP contribution is -1.78. The first-order valence-electron chi connectivity index (χ1n) is 4.71. The topological polar surface area (TPSA) is 22.1 Å². The van der Waals surface area contributed by atoms with Crippen LogP contribution in [0.25, 0.3) is 21.0 Å². The van der Waals surface area contributed by atoms with Gasteiger partial charge < -0.3 is 4.74 Å². The van der Waals surface area contributed by atoms with Crippen molar-refractivity contribution in [2.45, 2.75) is 0 Å². The molecule has 0 fully saturated rings. The maximum absolute atomic E-state index is 5.16. The Morgan fingerprint density at radius 1 is 1.13 bits per heavy atom. The molecule has 0 spiro atoms. The van der Waals surface area contributed by atoms with Gasteiger partial charge in [0, 0.05) is 5.39 Å². The molecular formula is C12H9NOS. The van der Waals surface area contributed by atoms with Gasteiger partial charge in [0.15, 0.2) is 0 Å². The lowest BCUT2D eigenvalue weighted by molar-refractivity contribution is 0.413. The first-order valence-corrected chi connectivity index (χ1v) is 5.52. The van der Waals surface area contributed by atoms with Crippen LogP contribution in [0.3, 0.4) is 0 Å². The zero-order valence-corrected chi connectivity index (χ0v) is 9.04. The first-order chi connectivity index (χ1) is 7.38. The van der Waals surface area contributed by atoms with E-state index >= 15 is 0 Å². The molecule has 0 bridgehead atoms. The van der Waals surface area contributed by atoms with E-state index in [1.807, 2.05) is 18.2 Å². The van der Waals surface area contributed by atoms with Crippen molar-refractivity contribution >= 4 is 32.3 Å². The molecule has 0 aliphatic rings. The molecule has 2 aromatic carbocycles. The summed E-state index contributed by atoms with van der Waals surface area (Å²) in [6.45, 7) is 0. The van der Waals surface area contributed by atoms with E-state index in [1.54, 1.807) is 18.4 Å². The van der Waals surface area contributed by atoms with Crippen molar-refractivity contribution in [1.82, 2.24) is 4.98 Å². The highest BCUT2D eigenvalue weighted by atomic mass is 32.1. The number of rotatable bonds is 1. The van der Waals surface area contributed by atoms with Crippen LogP contribution in [0.4, 0.5) is 0 Å². The van der Waals surface area contributed by atoms with Gasteiger partial charge in [-0.25, -0.2) is 4.98 Å². The molecule has 1 aromatic heterocycles. The average molecular weight is 215 g/mol. The number of thiazole rings is 1. The van der Waals surface area contributed by atoms with E-state index in [4.69, 9.17) is 4.74 Å². The Labute approximate surface area is 91.1 Å². The minimum Gasteiger partial charge on any atom is -0.473 e. The van der Waals surface area contributed by atoms with Gasteiger partial charge in [0.1, 0.15) is 0 Å². The Bertz CT molecular complexity index is 630. The number of benzene rings is 2. The third-order valence-electron chi connectivity index (χ3n) is 2.43. The third kappa shape index (κ3) is 1.27. The van der Waals surface area contributed by atoms with Gasteiger partial charge >= 0.3 is 0 Å². The Morgan fingerprint density at radius 3 is 2.87 bits per heavy atom. The number of hydrogen-bond acceptors (Lipinski definition) is 3. The minimum atomic E-state index is 0.723. The molecule has 0 atom stereocenters. The lowest BCUT2D eigenvalue weighted by Gasteiger charge is -1.96. The van der Waals surface area contributed by atoms with Crippen molar-refractivity contribution in [3.05, 3.63) is 36.4 Å². The summed E-state index contributed by atoms with van der Waals surface area (Å²) in [6.07, 6.45) is 0. The van der Waals surface area contributed by atoms with E-state index in [1.165, 1.54) is 15.5 Å². The molecule has 0 amide bonds. The lowest BCUT2D eigenvalue weighted by atomic mass is 10.1.